The summed E-state index contributed by atoms with van der Waals surface area (Å²) in [5, 5.41) is 6.76. The molecule has 23 heavy (non-hydrogen) atoms. The molecule has 0 saturated carbocycles. The van der Waals surface area contributed by atoms with Gasteiger partial charge in [-0.2, -0.15) is 5.10 Å². The molecule has 1 saturated heterocycles. The molecule has 0 radical (unpaired) electrons. The minimum absolute atomic E-state index is 0.323. The van der Waals surface area contributed by atoms with E-state index in [-0.39, 0.29) is 0 Å². The maximum Gasteiger partial charge on any atom is 0.178 e. The summed E-state index contributed by atoms with van der Waals surface area (Å²) < 4.78 is 23.6. The third-order valence-electron chi connectivity index (χ3n) is 4.18. The molecule has 2 aromatic heterocycles. The predicted octanol–water partition coefficient (Wildman–Crippen LogP) is 1.06. The number of aromatic amines is 1. The van der Waals surface area contributed by atoms with Crippen LogP contribution in [0.25, 0.3) is 0 Å². The van der Waals surface area contributed by atoms with Crippen LogP contribution in [0.3, 0.4) is 0 Å². The van der Waals surface area contributed by atoms with E-state index in [0.29, 0.717) is 17.2 Å². The Balaban J connectivity index is 1.64. The summed E-state index contributed by atoms with van der Waals surface area (Å²) in [5.74, 6) is 0.418. The van der Waals surface area contributed by atoms with Gasteiger partial charge in [-0.05, 0) is 31.7 Å². The maximum atomic E-state index is 11.8. The fraction of sp³-hybridized carbons (Fsp3) is 0.533. The van der Waals surface area contributed by atoms with Gasteiger partial charge in [0, 0.05) is 37.9 Å². The molecule has 2 aromatic rings. The number of nitrogens with zero attached hydrogens (tertiary/aromatic N) is 4. The molecule has 0 amide bonds. The number of likely N-dealkylation sites (tertiary alicyclic amines) is 1. The van der Waals surface area contributed by atoms with E-state index in [2.05, 4.69) is 25.1 Å². The first kappa shape index (κ1) is 16.1. The zero-order chi connectivity index (χ0) is 16.3. The van der Waals surface area contributed by atoms with E-state index in [0.717, 1.165) is 43.9 Å². The summed E-state index contributed by atoms with van der Waals surface area (Å²) >= 11 is 0. The Morgan fingerprint density at radius 1 is 1.35 bits per heavy atom. The summed E-state index contributed by atoms with van der Waals surface area (Å²) in [6.45, 7) is 2.75. The lowest BCUT2D eigenvalue weighted by Crippen LogP contribution is -2.36. The van der Waals surface area contributed by atoms with Crippen LogP contribution < -0.4 is 0 Å². The van der Waals surface area contributed by atoms with Crippen molar-refractivity contribution in [3.8, 4) is 0 Å². The molecule has 3 heterocycles. The van der Waals surface area contributed by atoms with E-state index in [1.807, 2.05) is 0 Å². The van der Waals surface area contributed by atoms with Crippen molar-refractivity contribution < 1.29 is 8.42 Å². The molecular formula is C15H21N5O2S. The number of hydrogen-bond donors (Lipinski definition) is 1. The van der Waals surface area contributed by atoms with Crippen LogP contribution in [-0.2, 0) is 22.8 Å². The van der Waals surface area contributed by atoms with Gasteiger partial charge in [-0.15, -0.1) is 0 Å². The molecule has 1 fully saturated rings. The van der Waals surface area contributed by atoms with Crippen LogP contribution >= 0.6 is 0 Å². The highest BCUT2D eigenvalue weighted by Gasteiger charge is 2.24. The quantitative estimate of drug-likeness (QED) is 0.878. The fourth-order valence-electron chi connectivity index (χ4n) is 3.16. The Morgan fingerprint density at radius 3 is 2.96 bits per heavy atom. The summed E-state index contributed by atoms with van der Waals surface area (Å²) in [6.07, 6.45) is 10.7. The standard InChI is InChI=1S/C15H21N5O2S/c1-23(21,22)15-9-18-19-14(15)7-12-3-2-6-20(10-12)11-13-8-16-4-5-17-13/h4-5,8-9,12H,2-3,6-7,10-11H2,1H3,(H,18,19)/t12-/m0/s1. The molecule has 3 rings (SSSR count). The van der Waals surface area contributed by atoms with Gasteiger partial charge in [-0.1, -0.05) is 0 Å². The van der Waals surface area contributed by atoms with Crippen LogP contribution in [0.4, 0.5) is 0 Å². The van der Waals surface area contributed by atoms with Crippen LogP contribution in [0.5, 0.6) is 0 Å². The van der Waals surface area contributed by atoms with E-state index < -0.39 is 9.84 Å². The van der Waals surface area contributed by atoms with Gasteiger partial charge >= 0.3 is 0 Å². The Bertz CT molecular complexity index is 744. The van der Waals surface area contributed by atoms with Crippen molar-refractivity contribution in [2.75, 3.05) is 19.3 Å². The molecule has 7 nitrogen and oxygen atoms in total. The molecule has 8 heteroatoms. The normalized spacial score (nSPS) is 19.8. The minimum atomic E-state index is -3.23. The molecule has 0 spiro atoms. The number of rotatable bonds is 5. The lowest BCUT2D eigenvalue weighted by Gasteiger charge is -2.32. The first-order valence-electron chi connectivity index (χ1n) is 7.72. The molecule has 1 N–H and O–H groups in total. The van der Waals surface area contributed by atoms with E-state index in [9.17, 15) is 8.42 Å². The average molecular weight is 335 g/mol. The van der Waals surface area contributed by atoms with Crippen molar-refractivity contribution in [1.29, 1.82) is 0 Å². The second-order valence-electron chi connectivity index (χ2n) is 6.13. The van der Waals surface area contributed by atoms with Crippen molar-refractivity contribution in [3.63, 3.8) is 0 Å². The highest BCUT2D eigenvalue weighted by Crippen LogP contribution is 2.24. The molecule has 0 unspecified atom stereocenters. The lowest BCUT2D eigenvalue weighted by molar-refractivity contribution is 0.164. The minimum Gasteiger partial charge on any atom is -0.297 e. The zero-order valence-electron chi connectivity index (χ0n) is 13.1. The predicted molar refractivity (Wildman–Crippen MR) is 85.4 cm³/mol. The van der Waals surface area contributed by atoms with E-state index in [4.69, 9.17) is 0 Å². The third kappa shape index (κ3) is 4.14. The molecule has 124 valence electrons. The lowest BCUT2D eigenvalue weighted by atomic mass is 9.93. The Kier molecular flexibility index (Phi) is 4.72. The number of H-pyrrole nitrogens is 1. The van der Waals surface area contributed by atoms with Gasteiger partial charge in [0.15, 0.2) is 9.84 Å². The fourth-order valence-corrected chi connectivity index (χ4v) is 3.98. The summed E-state index contributed by atoms with van der Waals surface area (Å²) in [4.78, 5) is 11.1. The Hall–Kier alpha value is -1.80. The Labute approximate surface area is 136 Å². The monoisotopic (exact) mass is 335 g/mol. The van der Waals surface area contributed by atoms with Crippen molar-refractivity contribution >= 4 is 9.84 Å². The van der Waals surface area contributed by atoms with Gasteiger partial charge in [0.1, 0.15) is 4.90 Å². The third-order valence-corrected chi connectivity index (χ3v) is 5.33. The molecule has 1 aliphatic rings. The summed E-state index contributed by atoms with van der Waals surface area (Å²) in [7, 11) is -3.23. The molecular weight excluding hydrogens is 314 g/mol. The van der Waals surface area contributed by atoms with E-state index >= 15 is 0 Å². The molecule has 0 aromatic carbocycles. The van der Waals surface area contributed by atoms with Crippen LogP contribution in [0.1, 0.15) is 24.2 Å². The van der Waals surface area contributed by atoms with Crippen molar-refractivity contribution in [2.24, 2.45) is 5.92 Å². The second-order valence-corrected chi connectivity index (χ2v) is 8.11. The van der Waals surface area contributed by atoms with Crippen LogP contribution in [0.15, 0.2) is 29.7 Å². The van der Waals surface area contributed by atoms with Crippen molar-refractivity contribution in [2.45, 2.75) is 30.7 Å². The van der Waals surface area contributed by atoms with Gasteiger partial charge in [0.05, 0.1) is 17.6 Å². The molecule has 0 aliphatic carbocycles. The molecule has 0 bridgehead atoms. The van der Waals surface area contributed by atoms with Gasteiger partial charge in [-0.3, -0.25) is 20.0 Å². The first-order chi connectivity index (χ1) is 11.0. The van der Waals surface area contributed by atoms with E-state index in [1.54, 1.807) is 18.6 Å². The van der Waals surface area contributed by atoms with Gasteiger partial charge in [0.2, 0.25) is 0 Å². The first-order valence-corrected chi connectivity index (χ1v) is 9.61. The highest BCUT2D eigenvalue weighted by atomic mass is 32.2. The molecule has 1 atom stereocenters. The van der Waals surface area contributed by atoms with Crippen LogP contribution in [0, 0.1) is 5.92 Å². The zero-order valence-corrected chi connectivity index (χ0v) is 14.0. The number of aromatic nitrogens is 4. The van der Waals surface area contributed by atoms with Crippen molar-refractivity contribution in [1.82, 2.24) is 25.1 Å². The van der Waals surface area contributed by atoms with E-state index in [1.165, 1.54) is 12.5 Å². The van der Waals surface area contributed by atoms with Gasteiger partial charge < -0.3 is 0 Å². The smallest absolute Gasteiger partial charge is 0.178 e. The highest BCUT2D eigenvalue weighted by molar-refractivity contribution is 7.90. The van der Waals surface area contributed by atoms with Crippen LogP contribution in [-0.4, -0.2) is 52.8 Å². The summed E-state index contributed by atoms with van der Waals surface area (Å²) in [5.41, 5.74) is 1.69. The maximum absolute atomic E-state index is 11.8. The van der Waals surface area contributed by atoms with Crippen molar-refractivity contribution in [3.05, 3.63) is 36.2 Å². The number of nitrogens with one attached hydrogen (secondary N) is 1. The van der Waals surface area contributed by atoms with Gasteiger partial charge in [0.25, 0.3) is 0 Å². The Morgan fingerprint density at radius 2 is 2.22 bits per heavy atom. The topological polar surface area (TPSA) is 91.8 Å². The number of piperidine rings is 1. The average Bonchev–Trinajstić information content (AvgIpc) is 2.97. The number of sulfone groups is 1. The largest absolute Gasteiger partial charge is 0.297 e. The second kappa shape index (κ2) is 6.76. The summed E-state index contributed by atoms with van der Waals surface area (Å²) in [6, 6.07) is 0. The van der Waals surface area contributed by atoms with Crippen LogP contribution in [0.2, 0.25) is 0 Å². The SMILES string of the molecule is CS(=O)(=O)c1cn[nH]c1C[C@@H]1CCCN(Cc2cnccn2)C1. The molecule has 1 aliphatic heterocycles. The van der Waals surface area contributed by atoms with Gasteiger partial charge in [-0.25, -0.2) is 8.42 Å². The number of hydrogen-bond acceptors (Lipinski definition) is 6.